The summed E-state index contributed by atoms with van der Waals surface area (Å²) in [5.41, 5.74) is 1.05. The van der Waals surface area contributed by atoms with Crippen LogP contribution >= 0.6 is 11.6 Å². The summed E-state index contributed by atoms with van der Waals surface area (Å²) in [6.07, 6.45) is 0. The van der Waals surface area contributed by atoms with E-state index in [0.29, 0.717) is 42.5 Å². The van der Waals surface area contributed by atoms with Crippen molar-refractivity contribution in [2.24, 2.45) is 0 Å². The highest BCUT2D eigenvalue weighted by Gasteiger charge is 2.22. The van der Waals surface area contributed by atoms with Gasteiger partial charge >= 0.3 is 0 Å². The quantitative estimate of drug-likeness (QED) is 0.851. The number of rotatable bonds is 2. The molecule has 5 nitrogen and oxygen atoms in total. The van der Waals surface area contributed by atoms with E-state index in [2.05, 4.69) is 9.88 Å². The van der Waals surface area contributed by atoms with Crippen molar-refractivity contribution in [2.75, 3.05) is 31.1 Å². The third-order valence-corrected chi connectivity index (χ3v) is 4.08. The number of nitriles is 1. The Bertz CT molecular complexity index is 746. The largest absolute Gasteiger partial charge is 0.353 e. The number of carbonyl (C=O) groups is 1. The van der Waals surface area contributed by atoms with E-state index < -0.39 is 0 Å². The second kappa shape index (κ2) is 6.67. The van der Waals surface area contributed by atoms with E-state index in [0.717, 1.165) is 5.82 Å². The van der Waals surface area contributed by atoms with Crippen LogP contribution in [-0.2, 0) is 0 Å². The minimum absolute atomic E-state index is 0.0139. The Balaban J connectivity index is 1.65. The number of nitrogens with zero attached hydrogens (tertiary/aromatic N) is 4. The van der Waals surface area contributed by atoms with Crippen LogP contribution < -0.4 is 4.90 Å². The third-order valence-electron chi connectivity index (χ3n) is 3.83. The smallest absolute Gasteiger partial charge is 0.253 e. The maximum absolute atomic E-state index is 12.5. The maximum Gasteiger partial charge on any atom is 0.253 e. The Morgan fingerprint density at radius 3 is 2.43 bits per heavy atom. The van der Waals surface area contributed by atoms with Gasteiger partial charge in [0.05, 0.1) is 0 Å². The number of halogens is 1. The van der Waals surface area contributed by atoms with E-state index in [9.17, 15) is 4.79 Å². The number of benzene rings is 1. The molecule has 1 amide bonds. The number of amides is 1. The van der Waals surface area contributed by atoms with Crippen molar-refractivity contribution in [3.63, 3.8) is 0 Å². The van der Waals surface area contributed by atoms with Gasteiger partial charge in [-0.05, 0) is 36.4 Å². The Labute approximate surface area is 139 Å². The lowest BCUT2D eigenvalue weighted by molar-refractivity contribution is 0.0746. The Kier molecular flexibility index (Phi) is 4.45. The Morgan fingerprint density at radius 2 is 1.78 bits per heavy atom. The molecular formula is C17H15ClN4O. The monoisotopic (exact) mass is 326 g/mol. The summed E-state index contributed by atoms with van der Waals surface area (Å²) in [6, 6.07) is 14.4. The molecule has 0 radical (unpaired) electrons. The van der Waals surface area contributed by atoms with E-state index in [1.807, 2.05) is 23.1 Å². The van der Waals surface area contributed by atoms with E-state index in [4.69, 9.17) is 16.9 Å². The van der Waals surface area contributed by atoms with Crippen LogP contribution in [0.15, 0.2) is 42.5 Å². The fourth-order valence-electron chi connectivity index (χ4n) is 2.58. The number of piperazine rings is 1. The molecule has 0 unspecified atom stereocenters. The van der Waals surface area contributed by atoms with Crippen molar-refractivity contribution in [1.29, 1.82) is 5.26 Å². The third kappa shape index (κ3) is 3.43. The normalized spacial score (nSPS) is 14.4. The minimum atomic E-state index is 0.0139. The van der Waals surface area contributed by atoms with Crippen LogP contribution in [0, 0.1) is 11.3 Å². The van der Waals surface area contributed by atoms with Gasteiger partial charge in [-0.3, -0.25) is 4.79 Å². The van der Waals surface area contributed by atoms with Crippen molar-refractivity contribution < 1.29 is 4.79 Å². The van der Waals surface area contributed by atoms with Crippen LogP contribution in [0.2, 0.25) is 5.02 Å². The van der Waals surface area contributed by atoms with Gasteiger partial charge in [-0.25, -0.2) is 4.98 Å². The number of hydrogen-bond acceptors (Lipinski definition) is 4. The molecule has 2 heterocycles. The highest BCUT2D eigenvalue weighted by Crippen LogP contribution is 2.16. The summed E-state index contributed by atoms with van der Waals surface area (Å²) >= 11 is 5.85. The summed E-state index contributed by atoms with van der Waals surface area (Å²) < 4.78 is 0. The average Bonchev–Trinajstić information content (AvgIpc) is 2.62. The van der Waals surface area contributed by atoms with Gasteiger partial charge in [-0.2, -0.15) is 5.26 Å². The Hall–Kier alpha value is -2.58. The summed E-state index contributed by atoms with van der Waals surface area (Å²) in [5, 5.41) is 9.55. The molecule has 0 spiro atoms. The summed E-state index contributed by atoms with van der Waals surface area (Å²) in [5.74, 6) is 0.794. The molecule has 1 aliphatic heterocycles. The molecular weight excluding hydrogens is 312 g/mol. The molecule has 1 aromatic carbocycles. The average molecular weight is 327 g/mol. The molecule has 0 atom stereocenters. The molecule has 0 saturated carbocycles. The van der Waals surface area contributed by atoms with Gasteiger partial charge in [-0.1, -0.05) is 17.7 Å². The van der Waals surface area contributed by atoms with Crippen LogP contribution in [0.25, 0.3) is 0 Å². The van der Waals surface area contributed by atoms with E-state index in [1.165, 1.54) is 0 Å². The summed E-state index contributed by atoms with van der Waals surface area (Å²) in [7, 11) is 0. The van der Waals surface area contributed by atoms with Crippen LogP contribution in [0.1, 0.15) is 16.1 Å². The van der Waals surface area contributed by atoms with Crippen LogP contribution in [0.3, 0.4) is 0 Å². The predicted molar refractivity (Wildman–Crippen MR) is 88.5 cm³/mol. The lowest BCUT2D eigenvalue weighted by Crippen LogP contribution is -2.49. The number of anilines is 1. The molecule has 1 fully saturated rings. The topological polar surface area (TPSA) is 60.2 Å². The first kappa shape index (κ1) is 15.3. The van der Waals surface area contributed by atoms with Crippen molar-refractivity contribution in [3.8, 4) is 6.07 Å². The zero-order chi connectivity index (χ0) is 16.2. The maximum atomic E-state index is 12.5. The summed E-state index contributed by atoms with van der Waals surface area (Å²) in [4.78, 5) is 20.7. The molecule has 2 aromatic rings. The van der Waals surface area contributed by atoms with Crippen LogP contribution in [0.4, 0.5) is 5.82 Å². The molecule has 116 valence electrons. The van der Waals surface area contributed by atoms with Gasteiger partial charge in [0.1, 0.15) is 17.6 Å². The summed E-state index contributed by atoms with van der Waals surface area (Å²) in [6.45, 7) is 2.64. The minimum Gasteiger partial charge on any atom is -0.353 e. The van der Waals surface area contributed by atoms with Gasteiger partial charge in [-0.15, -0.1) is 0 Å². The molecule has 3 rings (SSSR count). The molecule has 0 aliphatic carbocycles. The SMILES string of the molecule is N#Cc1cccc(N2CCN(C(=O)c3ccc(Cl)cc3)CC2)n1. The molecule has 1 saturated heterocycles. The fourth-order valence-corrected chi connectivity index (χ4v) is 2.70. The van der Waals surface area contributed by atoms with Gasteiger partial charge < -0.3 is 9.80 Å². The van der Waals surface area contributed by atoms with Gasteiger partial charge in [0.2, 0.25) is 0 Å². The second-order valence-corrected chi connectivity index (χ2v) is 5.72. The Morgan fingerprint density at radius 1 is 1.09 bits per heavy atom. The van der Waals surface area contributed by atoms with Crippen LogP contribution in [0.5, 0.6) is 0 Å². The number of carbonyl (C=O) groups excluding carboxylic acids is 1. The predicted octanol–water partition coefficient (Wildman–Crippen LogP) is 2.57. The molecule has 1 aliphatic rings. The van der Waals surface area contributed by atoms with Crippen molar-refractivity contribution in [2.45, 2.75) is 0 Å². The van der Waals surface area contributed by atoms with Crippen LogP contribution in [-0.4, -0.2) is 42.0 Å². The number of hydrogen-bond donors (Lipinski definition) is 0. The standard InChI is InChI=1S/C17H15ClN4O/c18-14-6-4-13(5-7-14)17(23)22-10-8-21(9-11-22)16-3-1-2-15(12-19)20-16/h1-7H,8-11H2. The van der Waals surface area contributed by atoms with Gasteiger partial charge in [0, 0.05) is 36.8 Å². The highest BCUT2D eigenvalue weighted by molar-refractivity contribution is 6.30. The highest BCUT2D eigenvalue weighted by atomic mass is 35.5. The molecule has 1 aromatic heterocycles. The second-order valence-electron chi connectivity index (χ2n) is 5.28. The zero-order valence-electron chi connectivity index (χ0n) is 12.4. The van der Waals surface area contributed by atoms with Gasteiger partial charge in [0.15, 0.2) is 0 Å². The molecule has 0 N–H and O–H groups in total. The lowest BCUT2D eigenvalue weighted by Gasteiger charge is -2.35. The molecule has 23 heavy (non-hydrogen) atoms. The first-order chi connectivity index (χ1) is 11.2. The molecule has 0 bridgehead atoms. The number of pyridine rings is 1. The van der Waals surface area contributed by atoms with E-state index in [1.54, 1.807) is 30.3 Å². The lowest BCUT2D eigenvalue weighted by atomic mass is 10.2. The first-order valence-electron chi connectivity index (χ1n) is 7.34. The number of aromatic nitrogens is 1. The van der Waals surface area contributed by atoms with Gasteiger partial charge in [0.25, 0.3) is 5.91 Å². The van der Waals surface area contributed by atoms with E-state index >= 15 is 0 Å². The van der Waals surface area contributed by atoms with E-state index in [-0.39, 0.29) is 5.91 Å². The van der Waals surface area contributed by atoms with Crippen molar-refractivity contribution >= 4 is 23.3 Å². The molecule has 6 heteroatoms. The first-order valence-corrected chi connectivity index (χ1v) is 7.72. The zero-order valence-corrected chi connectivity index (χ0v) is 13.2. The van der Waals surface area contributed by atoms with Crippen molar-refractivity contribution in [3.05, 3.63) is 58.7 Å². The van der Waals surface area contributed by atoms with Crippen molar-refractivity contribution in [1.82, 2.24) is 9.88 Å². The fraction of sp³-hybridized carbons (Fsp3) is 0.235.